The summed E-state index contributed by atoms with van der Waals surface area (Å²) in [6.07, 6.45) is 6.41. The molecule has 0 aromatic heterocycles. The number of ether oxygens (including phenoxy) is 2. The van der Waals surface area contributed by atoms with Gasteiger partial charge in [-0.1, -0.05) is 75.9 Å². The van der Waals surface area contributed by atoms with Gasteiger partial charge >= 0.3 is 5.97 Å². The summed E-state index contributed by atoms with van der Waals surface area (Å²) < 4.78 is 11.2. The van der Waals surface area contributed by atoms with Crippen LogP contribution in [0, 0.1) is 0 Å². The molecular formula is C24H32O3. The first kappa shape index (κ1) is 21.0. The normalized spacial score (nSPS) is 11.8. The molecular weight excluding hydrogens is 336 g/mol. The van der Waals surface area contributed by atoms with Gasteiger partial charge in [0.2, 0.25) is 0 Å². The highest BCUT2D eigenvalue weighted by molar-refractivity contribution is 5.69. The lowest BCUT2D eigenvalue weighted by Crippen LogP contribution is -2.07. The minimum absolute atomic E-state index is 0.174. The zero-order valence-corrected chi connectivity index (χ0v) is 16.9. The highest BCUT2D eigenvalue weighted by atomic mass is 16.5. The van der Waals surface area contributed by atoms with Crippen molar-refractivity contribution in [2.75, 3.05) is 6.61 Å². The van der Waals surface area contributed by atoms with E-state index >= 15 is 0 Å². The van der Waals surface area contributed by atoms with Crippen molar-refractivity contribution in [1.82, 2.24) is 0 Å². The molecule has 0 aliphatic heterocycles. The smallest absolute Gasteiger partial charge is 0.306 e. The van der Waals surface area contributed by atoms with Crippen LogP contribution in [0.5, 0.6) is 5.75 Å². The fourth-order valence-corrected chi connectivity index (χ4v) is 2.93. The Balaban J connectivity index is 1.86. The molecule has 0 saturated heterocycles. The molecule has 3 heteroatoms. The van der Waals surface area contributed by atoms with Crippen molar-refractivity contribution in [2.24, 2.45) is 0 Å². The summed E-state index contributed by atoms with van der Waals surface area (Å²) in [6, 6.07) is 16.4. The van der Waals surface area contributed by atoms with Crippen molar-refractivity contribution in [2.45, 2.75) is 65.4 Å². The Labute approximate surface area is 163 Å². The third-order valence-electron chi connectivity index (χ3n) is 4.68. The summed E-state index contributed by atoms with van der Waals surface area (Å²) in [5, 5.41) is 0. The third-order valence-corrected chi connectivity index (χ3v) is 4.68. The molecule has 0 heterocycles. The zero-order valence-electron chi connectivity index (χ0n) is 16.9. The van der Waals surface area contributed by atoms with Crippen LogP contribution in [0.1, 0.15) is 71.0 Å². The van der Waals surface area contributed by atoms with Crippen molar-refractivity contribution >= 4 is 5.97 Å². The molecule has 0 bridgehead atoms. The van der Waals surface area contributed by atoms with E-state index in [4.69, 9.17) is 9.47 Å². The van der Waals surface area contributed by atoms with Gasteiger partial charge in [0.05, 0.1) is 6.61 Å². The maximum Gasteiger partial charge on any atom is 0.306 e. The Morgan fingerprint density at radius 3 is 2.04 bits per heavy atom. The summed E-state index contributed by atoms with van der Waals surface area (Å²) >= 11 is 0. The van der Waals surface area contributed by atoms with E-state index in [2.05, 4.69) is 31.2 Å². The van der Waals surface area contributed by atoms with E-state index < -0.39 is 0 Å². The number of carbonyl (C=O) groups excluding carboxylic acids is 1. The predicted octanol–water partition coefficient (Wildman–Crippen LogP) is 6.72. The number of carbonyl (C=O) groups is 1. The predicted molar refractivity (Wildman–Crippen MR) is 111 cm³/mol. The molecule has 146 valence electrons. The second kappa shape index (κ2) is 11.4. The Morgan fingerprint density at radius 1 is 0.852 bits per heavy atom. The number of hydrogen-bond donors (Lipinski definition) is 0. The Morgan fingerprint density at radius 2 is 1.44 bits per heavy atom. The Hall–Kier alpha value is -2.29. The first-order valence-electron chi connectivity index (χ1n) is 10.2. The van der Waals surface area contributed by atoms with Crippen LogP contribution in [0.3, 0.4) is 0 Å². The number of benzene rings is 2. The van der Waals surface area contributed by atoms with Gasteiger partial charge in [-0.05, 0) is 42.2 Å². The van der Waals surface area contributed by atoms with Crippen molar-refractivity contribution in [3.8, 4) is 16.9 Å². The standard InChI is InChI=1S/C24H32O3/c1-4-6-7-8-9-18-26-23-16-14-22(15-17-23)21-12-10-20(11-13-21)19(3)27-24(25)5-2/h10-17,19H,4-9,18H2,1-3H3. The zero-order chi connectivity index (χ0) is 19.5. The lowest BCUT2D eigenvalue weighted by molar-refractivity contribution is -0.148. The van der Waals surface area contributed by atoms with Crippen LogP contribution < -0.4 is 4.74 Å². The van der Waals surface area contributed by atoms with Gasteiger partial charge in [0, 0.05) is 6.42 Å². The van der Waals surface area contributed by atoms with Gasteiger partial charge in [0.1, 0.15) is 11.9 Å². The van der Waals surface area contributed by atoms with Crippen LogP contribution in [0.15, 0.2) is 48.5 Å². The van der Waals surface area contributed by atoms with Crippen molar-refractivity contribution in [3.05, 3.63) is 54.1 Å². The van der Waals surface area contributed by atoms with E-state index in [1.165, 1.54) is 25.7 Å². The minimum Gasteiger partial charge on any atom is -0.494 e. The van der Waals surface area contributed by atoms with E-state index in [1.807, 2.05) is 31.2 Å². The van der Waals surface area contributed by atoms with Crippen molar-refractivity contribution in [1.29, 1.82) is 0 Å². The molecule has 0 fully saturated rings. The molecule has 0 spiro atoms. The molecule has 1 unspecified atom stereocenters. The lowest BCUT2D eigenvalue weighted by atomic mass is 10.0. The quantitative estimate of drug-likeness (QED) is 0.326. The SMILES string of the molecule is CCCCCCCOc1ccc(-c2ccc(C(C)OC(=O)CC)cc2)cc1. The van der Waals surface area contributed by atoms with Gasteiger partial charge in [-0.2, -0.15) is 0 Å². The first-order chi connectivity index (χ1) is 13.1. The highest BCUT2D eigenvalue weighted by Crippen LogP contribution is 2.25. The summed E-state index contributed by atoms with van der Waals surface area (Å²) in [4.78, 5) is 11.4. The first-order valence-corrected chi connectivity index (χ1v) is 10.2. The van der Waals surface area contributed by atoms with Gasteiger partial charge in [0.25, 0.3) is 0 Å². The maximum atomic E-state index is 11.4. The Kier molecular flexibility index (Phi) is 8.90. The van der Waals surface area contributed by atoms with E-state index in [0.29, 0.717) is 6.42 Å². The highest BCUT2D eigenvalue weighted by Gasteiger charge is 2.10. The van der Waals surface area contributed by atoms with Crippen LogP contribution in [0.2, 0.25) is 0 Å². The van der Waals surface area contributed by atoms with E-state index in [1.54, 1.807) is 6.92 Å². The molecule has 0 radical (unpaired) electrons. The van der Waals surface area contributed by atoms with Gasteiger partial charge in [-0.25, -0.2) is 0 Å². The lowest BCUT2D eigenvalue weighted by Gasteiger charge is -2.13. The molecule has 2 rings (SSSR count). The van der Waals surface area contributed by atoms with Gasteiger partial charge in [0.15, 0.2) is 0 Å². The molecule has 0 N–H and O–H groups in total. The van der Waals surface area contributed by atoms with Crippen LogP contribution in [0.25, 0.3) is 11.1 Å². The maximum absolute atomic E-state index is 11.4. The van der Waals surface area contributed by atoms with E-state index in [-0.39, 0.29) is 12.1 Å². The van der Waals surface area contributed by atoms with Gasteiger partial charge < -0.3 is 9.47 Å². The van der Waals surface area contributed by atoms with E-state index in [0.717, 1.165) is 35.5 Å². The van der Waals surface area contributed by atoms with Crippen molar-refractivity contribution in [3.63, 3.8) is 0 Å². The molecule has 2 aromatic rings. The molecule has 0 aliphatic carbocycles. The topological polar surface area (TPSA) is 35.5 Å². The van der Waals surface area contributed by atoms with E-state index in [9.17, 15) is 4.79 Å². The number of rotatable bonds is 11. The second-order valence-corrected chi connectivity index (χ2v) is 6.89. The Bertz CT molecular complexity index is 674. The van der Waals surface area contributed by atoms with Gasteiger partial charge in [-0.15, -0.1) is 0 Å². The largest absolute Gasteiger partial charge is 0.494 e. The van der Waals surface area contributed by atoms with Crippen LogP contribution in [-0.2, 0) is 9.53 Å². The monoisotopic (exact) mass is 368 g/mol. The molecule has 0 amide bonds. The molecule has 27 heavy (non-hydrogen) atoms. The summed E-state index contributed by atoms with van der Waals surface area (Å²) in [5.41, 5.74) is 3.29. The van der Waals surface area contributed by atoms with Gasteiger partial charge in [-0.3, -0.25) is 4.79 Å². The fraction of sp³-hybridized carbons (Fsp3) is 0.458. The fourth-order valence-electron chi connectivity index (χ4n) is 2.93. The van der Waals surface area contributed by atoms with Crippen LogP contribution in [-0.4, -0.2) is 12.6 Å². The minimum atomic E-state index is -0.223. The average molecular weight is 369 g/mol. The number of hydrogen-bond acceptors (Lipinski definition) is 3. The third kappa shape index (κ3) is 7.09. The molecule has 2 aromatic carbocycles. The summed E-state index contributed by atoms with van der Waals surface area (Å²) in [6.45, 7) is 6.72. The molecule has 3 nitrogen and oxygen atoms in total. The second-order valence-electron chi connectivity index (χ2n) is 6.89. The number of unbranched alkanes of at least 4 members (excludes halogenated alkanes) is 4. The summed E-state index contributed by atoms with van der Waals surface area (Å²) in [5.74, 6) is 0.749. The summed E-state index contributed by atoms with van der Waals surface area (Å²) in [7, 11) is 0. The molecule has 1 atom stereocenters. The molecule has 0 aliphatic rings. The van der Waals surface area contributed by atoms with Crippen LogP contribution >= 0.6 is 0 Å². The van der Waals surface area contributed by atoms with Crippen LogP contribution in [0.4, 0.5) is 0 Å². The molecule has 0 saturated carbocycles. The average Bonchev–Trinajstić information content (AvgIpc) is 2.71. The number of esters is 1. The van der Waals surface area contributed by atoms with Crippen molar-refractivity contribution < 1.29 is 14.3 Å².